The van der Waals surface area contributed by atoms with Crippen LogP contribution in [0.25, 0.3) is 0 Å². The molecule has 17 heavy (non-hydrogen) atoms. The van der Waals surface area contributed by atoms with E-state index in [9.17, 15) is 18.0 Å². The summed E-state index contributed by atoms with van der Waals surface area (Å²) in [6.07, 6.45) is -4.35. The van der Waals surface area contributed by atoms with Gasteiger partial charge in [-0.3, -0.25) is 4.79 Å². The van der Waals surface area contributed by atoms with Gasteiger partial charge in [0, 0.05) is 6.54 Å². The van der Waals surface area contributed by atoms with Crippen LogP contribution in [-0.2, 0) is 11.3 Å². The number of carbonyl (C=O) groups is 1. The van der Waals surface area contributed by atoms with Crippen LogP contribution in [0, 0.1) is 0 Å². The van der Waals surface area contributed by atoms with Crippen LogP contribution in [0.5, 0.6) is 0 Å². The Morgan fingerprint density at radius 1 is 1.35 bits per heavy atom. The maximum absolute atomic E-state index is 12.3. The first-order valence-corrected chi connectivity index (χ1v) is 5.32. The van der Waals surface area contributed by atoms with Crippen molar-refractivity contribution in [2.75, 3.05) is 6.54 Å². The molecular weight excluding hydrogens is 231 g/mol. The summed E-state index contributed by atoms with van der Waals surface area (Å²) < 4.78 is 37.0. The van der Waals surface area contributed by atoms with E-state index in [-0.39, 0.29) is 6.54 Å². The highest BCUT2D eigenvalue weighted by Gasteiger charge is 2.37. The summed E-state index contributed by atoms with van der Waals surface area (Å²) in [7, 11) is 0. The van der Waals surface area contributed by atoms with Gasteiger partial charge in [0.1, 0.15) is 6.54 Å². The van der Waals surface area contributed by atoms with Crippen LogP contribution in [-0.4, -0.2) is 23.5 Å². The smallest absolute Gasteiger partial charge is 0.329 e. The fourth-order valence-electron chi connectivity index (χ4n) is 2.14. The number of amides is 1. The van der Waals surface area contributed by atoms with Crippen molar-refractivity contribution in [1.29, 1.82) is 0 Å². The SMILES string of the molecule is CC1C(=O)N(CC(F)(F)F)Cc2ccccc21. The second-order valence-electron chi connectivity index (χ2n) is 4.23. The van der Waals surface area contributed by atoms with Gasteiger partial charge in [0.25, 0.3) is 0 Å². The highest BCUT2D eigenvalue weighted by molar-refractivity contribution is 5.85. The Morgan fingerprint density at radius 2 is 2.00 bits per heavy atom. The van der Waals surface area contributed by atoms with Gasteiger partial charge in [-0.05, 0) is 18.1 Å². The van der Waals surface area contributed by atoms with Gasteiger partial charge in [-0.15, -0.1) is 0 Å². The highest BCUT2D eigenvalue weighted by Crippen LogP contribution is 2.30. The molecule has 1 amide bonds. The van der Waals surface area contributed by atoms with Crippen molar-refractivity contribution in [3.63, 3.8) is 0 Å². The van der Waals surface area contributed by atoms with Crippen LogP contribution in [0.15, 0.2) is 24.3 Å². The molecular formula is C12H12F3NO. The topological polar surface area (TPSA) is 20.3 Å². The van der Waals surface area contributed by atoms with E-state index in [1.54, 1.807) is 31.2 Å². The third-order valence-electron chi connectivity index (χ3n) is 2.94. The van der Waals surface area contributed by atoms with Gasteiger partial charge in [-0.25, -0.2) is 0 Å². The van der Waals surface area contributed by atoms with Gasteiger partial charge >= 0.3 is 6.18 Å². The summed E-state index contributed by atoms with van der Waals surface area (Å²) in [5, 5.41) is 0. The molecule has 5 heteroatoms. The molecule has 1 aromatic carbocycles. The molecule has 0 spiro atoms. The lowest BCUT2D eigenvalue weighted by molar-refractivity contribution is -0.164. The Morgan fingerprint density at radius 3 is 2.65 bits per heavy atom. The molecule has 0 bridgehead atoms. The number of halogens is 3. The maximum Gasteiger partial charge on any atom is 0.406 e. The third-order valence-corrected chi connectivity index (χ3v) is 2.94. The number of hydrogen-bond acceptors (Lipinski definition) is 1. The summed E-state index contributed by atoms with van der Waals surface area (Å²) in [6.45, 7) is 0.507. The zero-order valence-electron chi connectivity index (χ0n) is 9.29. The number of fused-ring (bicyclic) bond motifs is 1. The summed E-state index contributed by atoms with van der Waals surface area (Å²) in [5.41, 5.74) is 1.62. The van der Waals surface area contributed by atoms with Gasteiger partial charge in [-0.2, -0.15) is 13.2 Å². The lowest BCUT2D eigenvalue weighted by Gasteiger charge is -2.33. The first kappa shape index (κ1) is 12.0. The van der Waals surface area contributed by atoms with Crippen LogP contribution in [0.1, 0.15) is 24.0 Å². The van der Waals surface area contributed by atoms with E-state index >= 15 is 0 Å². The molecule has 0 radical (unpaired) electrons. The number of hydrogen-bond donors (Lipinski definition) is 0. The van der Waals surface area contributed by atoms with Crippen molar-refractivity contribution >= 4 is 5.91 Å². The number of benzene rings is 1. The third kappa shape index (κ3) is 2.43. The second kappa shape index (κ2) is 4.05. The van der Waals surface area contributed by atoms with Crippen LogP contribution >= 0.6 is 0 Å². The minimum Gasteiger partial charge on any atom is -0.329 e. The molecule has 1 aliphatic heterocycles. The molecule has 0 aromatic heterocycles. The van der Waals surface area contributed by atoms with Gasteiger partial charge in [0.2, 0.25) is 5.91 Å². The molecule has 92 valence electrons. The summed E-state index contributed by atoms with van der Waals surface area (Å²) in [5.74, 6) is -0.955. The van der Waals surface area contributed by atoms with Crippen LogP contribution in [0.2, 0.25) is 0 Å². The van der Waals surface area contributed by atoms with E-state index in [0.717, 1.165) is 16.0 Å². The number of rotatable bonds is 1. The molecule has 1 aliphatic rings. The van der Waals surface area contributed by atoms with Crippen LogP contribution in [0.3, 0.4) is 0 Å². The van der Waals surface area contributed by atoms with Crippen molar-refractivity contribution in [1.82, 2.24) is 4.90 Å². The quantitative estimate of drug-likeness (QED) is 0.742. The maximum atomic E-state index is 12.3. The van der Waals surface area contributed by atoms with Gasteiger partial charge in [0.15, 0.2) is 0 Å². The Labute approximate surface area is 97.0 Å². The molecule has 0 fully saturated rings. The van der Waals surface area contributed by atoms with E-state index in [1.165, 1.54) is 0 Å². The van der Waals surface area contributed by atoms with Crippen molar-refractivity contribution in [2.24, 2.45) is 0 Å². The number of nitrogens with zero attached hydrogens (tertiary/aromatic N) is 1. The highest BCUT2D eigenvalue weighted by atomic mass is 19.4. The summed E-state index contributed by atoms with van der Waals surface area (Å²) >= 11 is 0. The number of carbonyl (C=O) groups excluding carboxylic acids is 1. The molecule has 1 aromatic rings. The van der Waals surface area contributed by atoms with Gasteiger partial charge < -0.3 is 4.90 Å². The fraction of sp³-hybridized carbons (Fsp3) is 0.417. The first-order chi connectivity index (χ1) is 7.88. The molecule has 1 heterocycles. The molecule has 2 nitrogen and oxygen atoms in total. The summed E-state index contributed by atoms with van der Waals surface area (Å²) in [4.78, 5) is 12.7. The zero-order chi connectivity index (χ0) is 12.6. The lowest BCUT2D eigenvalue weighted by atomic mass is 9.90. The predicted molar refractivity (Wildman–Crippen MR) is 56.3 cm³/mol. The Kier molecular flexibility index (Phi) is 2.85. The minimum absolute atomic E-state index is 0.0405. The zero-order valence-corrected chi connectivity index (χ0v) is 9.29. The van der Waals surface area contributed by atoms with Crippen LogP contribution < -0.4 is 0 Å². The largest absolute Gasteiger partial charge is 0.406 e. The lowest BCUT2D eigenvalue weighted by Crippen LogP contribution is -2.43. The second-order valence-corrected chi connectivity index (χ2v) is 4.23. The standard InChI is InChI=1S/C12H12F3NO/c1-8-10-5-3-2-4-9(10)6-16(11(8)17)7-12(13,14)15/h2-5,8H,6-7H2,1H3. The van der Waals surface area contributed by atoms with E-state index in [2.05, 4.69) is 0 Å². The average molecular weight is 243 g/mol. The number of alkyl halides is 3. The molecule has 0 saturated carbocycles. The monoisotopic (exact) mass is 243 g/mol. The Bertz CT molecular complexity index is 442. The van der Waals surface area contributed by atoms with Crippen molar-refractivity contribution in [3.8, 4) is 0 Å². The Balaban J connectivity index is 2.28. The molecule has 0 saturated heterocycles. The Hall–Kier alpha value is -1.52. The van der Waals surface area contributed by atoms with Crippen molar-refractivity contribution in [3.05, 3.63) is 35.4 Å². The fourth-order valence-corrected chi connectivity index (χ4v) is 2.14. The van der Waals surface area contributed by atoms with E-state index in [0.29, 0.717) is 0 Å². The summed E-state index contributed by atoms with van der Waals surface area (Å²) in [6, 6.07) is 7.12. The van der Waals surface area contributed by atoms with Crippen LogP contribution in [0.4, 0.5) is 13.2 Å². The van der Waals surface area contributed by atoms with Crippen molar-refractivity contribution < 1.29 is 18.0 Å². The van der Waals surface area contributed by atoms with Crippen molar-refractivity contribution in [2.45, 2.75) is 25.6 Å². The average Bonchev–Trinajstić information content (AvgIpc) is 2.24. The van der Waals surface area contributed by atoms with E-state index < -0.39 is 24.5 Å². The van der Waals surface area contributed by atoms with E-state index in [4.69, 9.17) is 0 Å². The van der Waals surface area contributed by atoms with Gasteiger partial charge in [0.05, 0.1) is 5.92 Å². The minimum atomic E-state index is -4.35. The molecule has 2 rings (SSSR count). The molecule has 0 aliphatic carbocycles. The first-order valence-electron chi connectivity index (χ1n) is 5.32. The molecule has 0 N–H and O–H groups in total. The van der Waals surface area contributed by atoms with E-state index in [1.807, 2.05) is 0 Å². The molecule has 1 atom stereocenters. The van der Waals surface area contributed by atoms with Gasteiger partial charge in [-0.1, -0.05) is 24.3 Å². The predicted octanol–water partition coefficient (Wildman–Crippen LogP) is 2.69. The molecule has 1 unspecified atom stereocenters. The normalized spacial score (nSPS) is 20.4.